The normalized spacial score (nSPS) is 28.4. The minimum Gasteiger partial charge on any atom is -0.412 e. The Morgan fingerprint density at radius 2 is 1.92 bits per heavy atom. The van der Waals surface area contributed by atoms with Gasteiger partial charge in [0.25, 0.3) is 0 Å². The maximum atomic E-state index is 2.54. The molecule has 1 atom stereocenters. The molecular weight excluding hydrogens is 164 g/mol. The van der Waals surface area contributed by atoms with E-state index >= 15 is 0 Å². The van der Waals surface area contributed by atoms with Gasteiger partial charge in [-0.15, -0.1) is 0 Å². The minimum atomic E-state index is -0.957. The molecule has 1 nitrogen and oxygen atoms in total. The molecule has 1 aliphatic heterocycles. The number of allylic oxidation sites excluding steroid dienone is 1. The van der Waals surface area contributed by atoms with E-state index in [1.54, 1.807) is 0 Å². The summed E-state index contributed by atoms with van der Waals surface area (Å²) in [5.41, 5.74) is 3.52. The van der Waals surface area contributed by atoms with Crippen molar-refractivity contribution in [2.24, 2.45) is 0 Å². The molecule has 0 spiro atoms. The number of hydrogen-bond donors (Lipinski definition) is 0. The van der Waals surface area contributed by atoms with E-state index in [1.165, 1.54) is 25.7 Å². The molecule has 0 aromatic heterocycles. The van der Waals surface area contributed by atoms with Crippen LogP contribution < -0.4 is 0 Å². The molecule has 72 valence electrons. The summed E-state index contributed by atoms with van der Waals surface area (Å²) in [7, 11) is -0.957. The number of hydrogen-bond acceptors (Lipinski definition) is 0. The smallest absolute Gasteiger partial charge is 0.0741 e. The van der Waals surface area contributed by atoms with Crippen molar-refractivity contribution in [3.05, 3.63) is 11.8 Å². The Morgan fingerprint density at radius 1 is 1.25 bits per heavy atom. The van der Waals surface area contributed by atoms with Crippen LogP contribution in [0.4, 0.5) is 0 Å². The third kappa shape index (κ3) is 3.11. The fraction of sp³-hybridized carbons (Fsp3) is 0.800. The van der Waals surface area contributed by atoms with E-state index in [0.717, 1.165) is 5.54 Å². The van der Waals surface area contributed by atoms with E-state index in [4.69, 9.17) is 0 Å². The van der Waals surface area contributed by atoms with Gasteiger partial charge in [-0.25, -0.2) is 0 Å². The third-order valence-corrected chi connectivity index (χ3v) is 7.00. The van der Waals surface area contributed by atoms with Gasteiger partial charge in [0.15, 0.2) is 0 Å². The molecule has 0 radical (unpaired) electrons. The molecular formula is C10H22OSi. The lowest BCUT2D eigenvalue weighted by Crippen LogP contribution is -2.29. The monoisotopic (exact) mass is 186 g/mol. The molecule has 1 unspecified atom stereocenters. The highest BCUT2D eigenvalue weighted by atomic mass is 28.3. The van der Waals surface area contributed by atoms with Gasteiger partial charge >= 0.3 is 0 Å². The van der Waals surface area contributed by atoms with Gasteiger partial charge in [0.2, 0.25) is 0 Å². The molecule has 0 bridgehead atoms. The second-order valence-corrected chi connectivity index (χ2v) is 9.37. The molecule has 0 fully saturated rings. The molecule has 2 heteroatoms. The summed E-state index contributed by atoms with van der Waals surface area (Å²) in [4.78, 5) is 0. The van der Waals surface area contributed by atoms with E-state index < -0.39 is 8.07 Å². The quantitative estimate of drug-likeness (QED) is 0.521. The Hall–Kier alpha value is -0.0831. The second-order valence-electron chi connectivity index (χ2n) is 4.41. The van der Waals surface area contributed by atoms with Crippen molar-refractivity contribution in [1.29, 1.82) is 0 Å². The lowest BCUT2D eigenvalue weighted by molar-refractivity contribution is 0.657. The first-order chi connectivity index (χ1) is 5.13. The highest BCUT2D eigenvalue weighted by molar-refractivity contribution is 6.83. The fourth-order valence-corrected chi connectivity index (χ4v) is 3.69. The zero-order chi connectivity index (χ0) is 8.32. The molecule has 2 N–H and O–H groups in total. The Labute approximate surface area is 77.2 Å². The second kappa shape index (κ2) is 4.82. The predicted molar refractivity (Wildman–Crippen MR) is 58.1 cm³/mol. The van der Waals surface area contributed by atoms with Crippen molar-refractivity contribution in [2.45, 2.75) is 51.2 Å². The molecule has 1 rings (SSSR count). The van der Waals surface area contributed by atoms with E-state index in [2.05, 4.69) is 31.8 Å². The molecule has 1 heterocycles. The van der Waals surface area contributed by atoms with Crippen molar-refractivity contribution in [2.75, 3.05) is 0 Å². The van der Waals surface area contributed by atoms with Gasteiger partial charge in [-0.05, 0) is 18.4 Å². The van der Waals surface area contributed by atoms with Gasteiger partial charge in [0.1, 0.15) is 0 Å². The maximum Gasteiger partial charge on any atom is 0.0741 e. The summed E-state index contributed by atoms with van der Waals surface area (Å²) >= 11 is 0. The largest absolute Gasteiger partial charge is 0.412 e. The van der Waals surface area contributed by atoms with Crippen molar-refractivity contribution in [3.63, 3.8) is 0 Å². The average molecular weight is 186 g/mol. The lowest BCUT2D eigenvalue weighted by Gasteiger charge is -2.27. The summed E-state index contributed by atoms with van der Waals surface area (Å²) in [5, 5.41) is 0. The molecule has 0 saturated heterocycles. The van der Waals surface area contributed by atoms with Crippen molar-refractivity contribution >= 4 is 8.07 Å². The fourth-order valence-electron chi connectivity index (χ4n) is 1.64. The Morgan fingerprint density at radius 3 is 2.58 bits per heavy atom. The van der Waals surface area contributed by atoms with Crippen LogP contribution in [0.5, 0.6) is 0 Å². The van der Waals surface area contributed by atoms with Gasteiger partial charge in [-0.1, -0.05) is 44.6 Å². The molecule has 0 aromatic carbocycles. The first-order valence-electron chi connectivity index (χ1n) is 4.80. The highest BCUT2D eigenvalue weighted by Crippen LogP contribution is 2.30. The Kier molecular flexibility index (Phi) is 4.79. The van der Waals surface area contributed by atoms with E-state index in [0.29, 0.717) is 0 Å². The van der Waals surface area contributed by atoms with E-state index in [9.17, 15) is 0 Å². The Balaban J connectivity index is 0.00000121. The van der Waals surface area contributed by atoms with Crippen molar-refractivity contribution in [3.8, 4) is 0 Å². The summed E-state index contributed by atoms with van der Waals surface area (Å²) in [6.45, 7) is 7.40. The maximum absolute atomic E-state index is 2.54. The molecule has 0 amide bonds. The van der Waals surface area contributed by atoms with Crippen LogP contribution in [0.15, 0.2) is 11.8 Å². The standard InChI is InChI=1S/C10H20Si.H2O/c1-10-8-6-4-5-7-9-11(10,2)3;/h7,9-10H,4-6,8H2,1-3H3;1H2. The van der Waals surface area contributed by atoms with Crippen LogP contribution in [0.1, 0.15) is 32.6 Å². The minimum absolute atomic E-state index is 0. The van der Waals surface area contributed by atoms with Crippen LogP contribution in [-0.4, -0.2) is 13.6 Å². The SMILES string of the molecule is CC1CCCCC=C[Si]1(C)C.O. The Bertz CT molecular complexity index is 152. The van der Waals surface area contributed by atoms with Gasteiger partial charge in [-0.3, -0.25) is 0 Å². The third-order valence-electron chi connectivity index (χ3n) is 3.08. The van der Waals surface area contributed by atoms with Gasteiger partial charge < -0.3 is 5.48 Å². The highest BCUT2D eigenvalue weighted by Gasteiger charge is 2.25. The van der Waals surface area contributed by atoms with Gasteiger partial charge in [-0.2, -0.15) is 0 Å². The van der Waals surface area contributed by atoms with Crippen LogP contribution >= 0.6 is 0 Å². The van der Waals surface area contributed by atoms with Crippen LogP contribution in [0.3, 0.4) is 0 Å². The summed E-state index contributed by atoms with van der Waals surface area (Å²) < 4.78 is 0. The molecule has 12 heavy (non-hydrogen) atoms. The molecule has 0 aromatic rings. The number of rotatable bonds is 0. The van der Waals surface area contributed by atoms with Crippen LogP contribution in [0.25, 0.3) is 0 Å². The summed E-state index contributed by atoms with van der Waals surface area (Å²) in [5.74, 6) is 0. The first-order valence-corrected chi connectivity index (χ1v) is 7.96. The molecule has 0 saturated carbocycles. The summed E-state index contributed by atoms with van der Waals surface area (Å²) in [6.07, 6.45) is 8.06. The lowest BCUT2D eigenvalue weighted by atomic mass is 10.1. The zero-order valence-electron chi connectivity index (χ0n) is 8.56. The molecule has 1 aliphatic rings. The topological polar surface area (TPSA) is 31.5 Å². The average Bonchev–Trinajstić information content (AvgIpc) is 1.93. The van der Waals surface area contributed by atoms with Crippen molar-refractivity contribution < 1.29 is 5.48 Å². The zero-order valence-corrected chi connectivity index (χ0v) is 9.56. The summed E-state index contributed by atoms with van der Waals surface area (Å²) in [6, 6.07) is 0. The first kappa shape index (κ1) is 11.9. The van der Waals surface area contributed by atoms with Crippen LogP contribution in [0.2, 0.25) is 18.6 Å². The van der Waals surface area contributed by atoms with Crippen LogP contribution in [0, 0.1) is 0 Å². The van der Waals surface area contributed by atoms with Gasteiger partial charge in [0.05, 0.1) is 8.07 Å². The predicted octanol–water partition coefficient (Wildman–Crippen LogP) is 2.93. The molecule has 0 aliphatic carbocycles. The van der Waals surface area contributed by atoms with Crippen molar-refractivity contribution in [1.82, 2.24) is 0 Å². The van der Waals surface area contributed by atoms with E-state index in [1.807, 2.05) is 0 Å². The van der Waals surface area contributed by atoms with Crippen LogP contribution in [-0.2, 0) is 0 Å². The van der Waals surface area contributed by atoms with Gasteiger partial charge in [0, 0.05) is 0 Å². The van der Waals surface area contributed by atoms with E-state index in [-0.39, 0.29) is 5.48 Å².